The topological polar surface area (TPSA) is 142 Å². The van der Waals surface area contributed by atoms with Gasteiger partial charge in [-0.25, -0.2) is 0 Å². The van der Waals surface area contributed by atoms with Crippen molar-refractivity contribution in [2.75, 3.05) is 0 Å². The molecule has 1 fully saturated rings. The fourth-order valence-electron chi connectivity index (χ4n) is 1.86. The second-order valence-corrected chi connectivity index (χ2v) is 15.2. The maximum atomic E-state index is 11.0. The first kappa shape index (κ1) is 23.6. The van der Waals surface area contributed by atoms with Gasteiger partial charge in [0.2, 0.25) is 0 Å². The Morgan fingerprint density at radius 2 is 0.643 bits per heavy atom. The summed E-state index contributed by atoms with van der Waals surface area (Å²) in [6, 6.07) is 0. The number of carbonyl (C=O) groups excluding carboxylic acids is 4. The Morgan fingerprint density at radius 1 is 0.464 bits per heavy atom. The van der Waals surface area contributed by atoms with Gasteiger partial charge in [-0.2, -0.15) is 0 Å². The molecule has 1 aliphatic rings. The molecule has 1 rings (SSSR count). The van der Waals surface area contributed by atoms with Gasteiger partial charge in [0.25, 0.3) is 25.9 Å². The van der Waals surface area contributed by atoms with Crippen LogP contribution in [0.1, 0.15) is 0 Å². The Morgan fingerprint density at radius 3 is 0.750 bits per heavy atom. The van der Waals surface area contributed by atoms with Crippen molar-refractivity contribution in [1.82, 2.24) is 0 Å². The molecule has 0 spiro atoms. The van der Waals surface area contributed by atoms with Crippen LogP contribution in [0.2, 0.25) is 0 Å². The van der Waals surface area contributed by atoms with Gasteiger partial charge in [-0.3, -0.25) is 19.2 Å². The maximum absolute atomic E-state index is 11.0. The molecule has 0 unspecified atom stereocenters. The lowest BCUT2D eigenvalue weighted by atomic mass is 11.3. The standard InChI is InChI=1S/C12H16O12Si4/c1-5-25(17-9-13)21-26(6-2,18-10-14)23-28(8-4,20-12-16)24-27(7-3,22-25)19-11-15/h5-12H,1-4H2. The van der Waals surface area contributed by atoms with Gasteiger partial charge in [-0.05, 0) is 22.8 Å². The lowest BCUT2D eigenvalue weighted by Gasteiger charge is -2.43. The van der Waals surface area contributed by atoms with Crippen molar-refractivity contribution in [3.63, 3.8) is 0 Å². The average Bonchev–Trinajstić information content (AvgIpc) is 2.67. The van der Waals surface area contributed by atoms with E-state index in [1.807, 2.05) is 0 Å². The summed E-state index contributed by atoms with van der Waals surface area (Å²) in [7, 11) is -17.3. The Kier molecular flexibility index (Phi) is 8.13. The Bertz CT molecular complexity index is 547. The summed E-state index contributed by atoms with van der Waals surface area (Å²) in [5, 5.41) is 0. The van der Waals surface area contributed by atoms with Gasteiger partial charge < -0.3 is 34.2 Å². The highest BCUT2D eigenvalue weighted by Crippen LogP contribution is 2.33. The van der Waals surface area contributed by atoms with E-state index < -0.39 is 35.2 Å². The fraction of sp³-hybridized carbons (Fsp3) is 0. The molecule has 0 bridgehead atoms. The molecule has 0 aromatic rings. The summed E-state index contributed by atoms with van der Waals surface area (Å²) in [5.74, 6) is 0. The van der Waals surface area contributed by atoms with Crippen LogP contribution in [-0.4, -0.2) is 61.1 Å². The number of carbonyl (C=O) groups is 4. The zero-order valence-corrected chi connectivity index (χ0v) is 18.3. The molecular formula is C12H16O12Si4. The highest BCUT2D eigenvalue weighted by atomic mass is 28.6. The van der Waals surface area contributed by atoms with Crippen molar-refractivity contribution in [1.29, 1.82) is 0 Å². The van der Waals surface area contributed by atoms with Crippen LogP contribution in [0.3, 0.4) is 0 Å². The second-order valence-electron chi connectivity index (χ2n) is 4.50. The third kappa shape index (κ3) is 4.88. The minimum atomic E-state index is -4.32. The second kappa shape index (κ2) is 9.65. The first-order valence-electron chi connectivity index (χ1n) is 7.12. The first-order chi connectivity index (χ1) is 13.3. The normalized spacial score (nSPS) is 34.9. The van der Waals surface area contributed by atoms with Crippen molar-refractivity contribution in [2.45, 2.75) is 0 Å². The Hall–Kier alpha value is -2.45. The fourth-order valence-corrected chi connectivity index (χ4v) is 15.5. The van der Waals surface area contributed by atoms with Crippen molar-refractivity contribution in [3.05, 3.63) is 49.1 Å². The molecular weight excluding hydrogens is 448 g/mol. The highest BCUT2D eigenvalue weighted by molar-refractivity contribution is 6.94. The van der Waals surface area contributed by atoms with Crippen LogP contribution in [0, 0.1) is 0 Å². The van der Waals surface area contributed by atoms with Crippen LogP contribution < -0.4 is 0 Å². The zero-order valence-electron chi connectivity index (χ0n) is 14.3. The molecule has 1 heterocycles. The average molecular weight is 465 g/mol. The van der Waals surface area contributed by atoms with Gasteiger partial charge in [0.1, 0.15) is 0 Å². The number of hydrogen-bond acceptors (Lipinski definition) is 12. The highest BCUT2D eigenvalue weighted by Gasteiger charge is 2.69. The molecule has 0 aromatic carbocycles. The van der Waals surface area contributed by atoms with E-state index in [1.165, 1.54) is 0 Å². The van der Waals surface area contributed by atoms with Crippen molar-refractivity contribution in [2.24, 2.45) is 0 Å². The van der Waals surface area contributed by atoms with E-state index in [1.54, 1.807) is 0 Å². The van der Waals surface area contributed by atoms with Gasteiger partial charge >= 0.3 is 35.2 Å². The molecule has 0 atom stereocenters. The van der Waals surface area contributed by atoms with Gasteiger partial charge in [-0.15, -0.1) is 0 Å². The van der Waals surface area contributed by atoms with Gasteiger partial charge in [0.05, 0.1) is 0 Å². The van der Waals surface area contributed by atoms with Crippen LogP contribution >= 0.6 is 0 Å². The minimum Gasteiger partial charge on any atom is -0.473 e. The van der Waals surface area contributed by atoms with Crippen LogP contribution in [-0.2, 0) is 53.3 Å². The molecule has 152 valence electrons. The van der Waals surface area contributed by atoms with Crippen molar-refractivity contribution < 1.29 is 53.3 Å². The van der Waals surface area contributed by atoms with E-state index in [2.05, 4.69) is 26.3 Å². The van der Waals surface area contributed by atoms with E-state index in [4.69, 9.17) is 34.2 Å². The molecule has 28 heavy (non-hydrogen) atoms. The van der Waals surface area contributed by atoms with Crippen LogP contribution in [0.15, 0.2) is 49.1 Å². The summed E-state index contributed by atoms with van der Waals surface area (Å²) in [6.45, 7) is 13.8. The summed E-state index contributed by atoms with van der Waals surface area (Å²) in [6.07, 6.45) is 0. The molecule has 0 aromatic heterocycles. The maximum Gasteiger partial charge on any atom is 0.583 e. The molecule has 0 amide bonds. The van der Waals surface area contributed by atoms with E-state index >= 15 is 0 Å². The monoisotopic (exact) mass is 464 g/mol. The van der Waals surface area contributed by atoms with Crippen LogP contribution in [0.4, 0.5) is 0 Å². The van der Waals surface area contributed by atoms with Gasteiger partial charge in [0, 0.05) is 0 Å². The van der Waals surface area contributed by atoms with E-state index in [0.29, 0.717) is 0 Å². The Labute approximate surface area is 164 Å². The number of hydrogen-bond donors (Lipinski definition) is 0. The summed E-state index contributed by atoms with van der Waals surface area (Å²) in [4.78, 5) is 44.2. The number of rotatable bonds is 12. The largest absolute Gasteiger partial charge is 0.583 e. The minimum absolute atomic E-state index is 0.0259. The first-order valence-corrected chi connectivity index (χ1v) is 14.3. The predicted octanol–water partition coefficient (Wildman–Crippen LogP) is -0.585. The predicted molar refractivity (Wildman–Crippen MR) is 96.7 cm³/mol. The molecule has 0 aliphatic carbocycles. The lowest BCUT2D eigenvalue weighted by Crippen LogP contribution is -2.71. The lowest BCUT2D eigenvalue weighted by molar-refractivity contribution is -0.126. The van der Waals surface area contributed by atoms with Crippen molar-refractivity contribution >= 4 is 61.1 Å². The van der Waals surface area contributed by atoms with Gasteiger partial charge in [0.15, 0.2) is 0 Å². The van der Waals surface area contributed by atoms with Crippen LogP contribution in [0.25, 0.3) is 0 Å². The summed E-state index contributed by atoms with van der Waals surface area (Å²) < 4.78 is 42.3. The molecule has 0 radical (unpaired) electrons. The quantitative estimate of drug-likeness (QED) is 0.269. The third-order valence-corrected chi connectivity index (χ3v) is 15.8. The van der Waals surface area contributed by atoms with E-state index in [0.717, 1.165) is 22.8 Å². The zero-order chi connectivity index (χ0) is 21.3. The summed E-state index contributed by atoms with van der Waals surface area (Å²) in [5.41, 5.74) is 3.87. The van der Waals surface area contributed by atoms with Crippen LogP contribution in [0.5, 0.6) is 0 Å². The van der Waals surface area contributed by atoms with Gasteiger partial charge in [-0.1, -0.05) is 26.3 Å². The summed E-state index contributed by atoms with van der Waals surface area (Å²) >= 11 is 0. The SMILES string of the molecule is C=C[Si]1(OC=O)O[Si](C=C)(OC=O)O[Si](C=C)(OC=O)O[Si](C=C)(OC=O)O1. The van der Waals surface area contributed by atoms with E-state index in [9.17, 15) is 19.2 Å². The molecule has 0 N–H and O–H groups in total. The molecule has 16 heteroatoms. The molecule has 12 nitrogen and oxygen atoms in total. The smallest absolute Gasteiger partial charge is 0.473 e. The Balaban J connectivity index is 3.74. The third-order valence-electron chi connectivity index (χ3n) is 2.99. The molecule has 1 aliphatic heterocycles. The molecule has 1 saturated heterocycles. The van der Waals surface area contributed by atoms with E-state index in [-0.39, 0.29) is 25.9 Å². The van der Waals surface area contributed by atoms with Crippen molar-refractivity contribution in [3.8, 4) is 0 Å². The molecule has 0 saturated carbocycles.